The van der Waals surface area contributed by atoms with Crippen molar-refractivity contribution in [2.45, 2.75) is 19.4 Å². The van der Waals surface area contributed by atoms with Gasteiger partial charge in [-0.2, -0.15) is 0 Å². The predicted octanol–water partition coefficient (Wildman–Crippen LogP) is 1.21. The number of hydrogen-bond acceptors (Lipinski definition) is 4. The van der Waals surface area contributed by atoms with Gasteiger partial charge in [0.25, 0.3) is 0 Å². The Hall–Kier alpha value is -1.13. The molecular weight excluding hydrogens is 188 g/mol. The average molecular weight is 206 g/mol. The maximum absolute atomic E-state index is 5.31. The Bertz CT molecular complexity index is 322. The van der Waals surface area contributed by atoms with Crippen molar-refractivity contribution < 1.29 is 0 Å². The highest BCUT2D eigenvalue weighted by Gasteiger charge is 2.22. The topological polar surface area (TPSA) is 54.2 Å². The molecule has 0 aromatic carbocycles. The summed E-state index contributed by atoms with van der Waals surface area (Å²) >= 11 is 0. The number of hydrogen-bond donors (Lipinski definition) is 2. The Balaban J connectivity index is 1.90. The molecule has 1 aliphatic rings. The summed E-state index contributed by atoms with van der Waals surface area (Å²) in [5.74, 6) is 6.98. The van der Waals surface area contributed by atoms with Crippen LogP contribution in [-0.2, 0) is 6.54 Å². The molecule has 4 heteroatoms. The first-order chi connectivity index (χ1) is 7.28. The average Bonchev–Trinajstić information content (AvgIpc) is 3.02. The molecule has 0 aliphatic heterocycles. The summed E-state index contributed by atoms with van der Waals surface area (Å²) < 4.78 is 0. The maximum Gasteiger partial charge on any atom is 0.140 e. The molecule has 0 bridgehead atoms. The molecule has 3 N–H and O–H groups in total. The fourth-order valence-electron chi connectivity index (χ4n) is 1.77. The number of hydrazine groups is 1. The molecule has 1 fully saturated rings. The fraction of sp³-hybridized carbons (Fsp3) is 0.545. The van der Waals surface area contributed by atoms with Crippen molar-refractivity contribution in [3.63, 3.8) is 0 Å². The van der Waals surface area contributed by atoms with Gasteiger partial charge in [-0.15, -0.1) is 0 Å². The third-order valence-corrected chi connectivity index (χ3v) is 2.69. The van der Waals surface area contributed by atoms with Crippen molar-refractivity contribution in [2.24, 2.45) is 11.8 Å². The number of nitrogens with two attached hydrogens (primary N) is 1. The van der Waals surface area contributed by atoms with Crippen LogP contribution in [0.2, 0.25) is 0 Å². The minimum absolute atomic E-state index is 0.729. The summed E-state index contributed by atoms with van der Waals surface area (Å²) in [5, 5.41) is 0. The molecule has 15 heavy (non-hydrogen) atoms. The zero-order valence-electron chi connectivity index (χ0n) is 9.11. The monoisotopic (exact) mass is 206 g/mol. The van der Waals surface area contributed by atoms with Gasteiger partial charge in [0.05, 0.1) is 0 Å². The van der Waals surface area contributed by atoms with Crippen molar-refractivity contribution in [2.75, 3.05) is 19.0 Å². The van der Waals surface area contributed by atoms with Gasteiger partial charge in [-0.05, 0) is 43.5 Å². The first kappa shape index (κ1) is 10.4. The van der Waals surface area contributed by atoms with Crippen molar-refractivity contribution in [3.05, 3.63) is 23.9 Å². The van der Waals surface area contributed by atoms with Gasteiger partial charge < -0.3 is 10.3 Å². The minimum Gasteiger partial charge on any atom is -0.308 e. The van der Waals surface area contributed by atoms with Crippen molar-refractivity contribution >= 4 is 5.82 Å². The lowest BCUT2D eigenvalue weighted by Crippen LogP contribution is -2.20. The quantitative estimate of drug-likeness (QED) is 0.561. The number of nitrogens with one attached hydrogen (secondary N) is 1. The zero-order valence-corrected chi connectivity index (χ0v) is 9.11. The van der Waals surface area contributed by atoms with Gasteiger partial charge in [-0.3, -0.25) is 0 Å². The molecule has 2 rings (SSSR count). The largest absolute Gasteiger partial charge is 0.308 e. The van der Waals surface area contributed by atoms with E-state index in [2.05, 4.69) is 22.4 Å². The van der Waals surface area contributed by atoms with Crippen LogP contribution in [0.25, 0.3) is 0 Å². The minimum atomic E-state index is 0.729. The standard InChI is InChI=1S/C11H18N4/c1-15(7-9-2-3-9)8-10-4-5-13-11(6-10)14-12/h4-6,9H,2-3,7-8,12H2,1H3,(H,13,14). The molecule has 1 heterocycles. The Kier molecular flexibility index (Phi) is 3.18. The molecule has 1 aromatic heterocycles. The fourth-order valence-corrected chi connectivity index (χ4v) is 1.77. The second-order valence-electron chi connectivity index (χ2n) is 4.33. The van der Waals surface area contributed by atoms with E-state index < -0.39 is 0 Å². The van der Waals surface area contributed by atoms with Crippen molar-refractivity contribution in [1.82, 2.24) is 9.88 Å². The van der Waals surface area contributed by atoms with Gasteiger partial charge in [0, 0.05) is 19.3 Å². The number of nitrogens with zero attached hydrogens (tertiary/aromatic N) is 2. The van der Waals surface area contributed by atoms with E-state index in [1.165, 1.54) is 24.9 Å². The van der Waals surface area contributed by atoms with Crippen LogP contribution >= 0.6 is 0 Å². The van der Waals surface area contributed by atoms with Crippen LogP contribution < -0.4 is 11.3 Å². The molecular formula is C11H18N4. The van der Waals surface area contributed by atoms with E-state index >= 15 is 0 Å². The summed E-state index contributed by atoms with van der Waals surface area (Å²) in [6.45, 7) is 2.17. The highest BCUT2D eigenvalue weighted by Crippen LogP contribution is 2.29. The van der Waals surface area contributed by atoms with Crippen LogP contribution in [0.15, 0.2) is 18.3 Å². The summed E-state index contributed by atoms with van der Waals surface area (Å²) in [7, 11) is 2.16. The van der Waals surface area contributed by atoms with E-state index in [1.807, 2.05) is 12.1 Å². The van der Waals surface area contributed by atoms with Crippen molar-refractivity contribution in [3.8, 4) is 0 Å². The maximum atomic E-state index is 5.31. The molecule has 0 saturated heterocycles. The molecule has 1 aliphatic carbocycles. The molecule has 82 valence electrons. The Labute approximate surface area is 90.5 Å². The van der Waals surface area contributed by atoms with Gasteiger partial charge in [0.1, 0.15) is 5.82 Å². The number of anilines is 1. The highest BCUT2D eigenvalue weighted by atomic mass is 15.2. The van der Waals surface area contributed by atoms with Crippen LogP contribution in [0.3, 0.4) is 0 Å². The third-order valence-electron chi connectivity index (χ3n) is 2.69. The molecule has 0 atom stereocenters. The smallest absolute Gasteiger partial charge is 0.140 e. The van der Waals surface area contributed by atoms with Gasteiger partial charge in [-0.1, -0.05) is 0 Å². The Morgan fingerprint density at radius 3 is 3.07 bits per heavy atom. The summed E-state index contributed by atoms with van der Waals surface area (Å²) in [4.78, 5) is 6.44. The van der Waals surface area contributed by atoms with E-state index in [0.717, 1.165) is 18.3 Å². The Morgan fingerprint density at radius 2 is 2.40 bits per heavy atom. The summed E-state index contributed by atoms with van der Waals surface area (Å²) in [6, 6.07) is 4.02. The number of rotatable bonds is 5. The second-order valence-corrected chi connectivity index (χ2v) is 4.33. The second kappa shape index (κ2) is 4.59. The van der Waals surface area contributed by atoms with Gasteiger partial charge in [-0.25, -0.2) is 10.8 Å². The zero-order chi connectivity index (χ0) is 10.7. The van der Waals surface area contributed by atoms with Crippen LogP contribution in [0.1, 0.15) is 18.4 Å². The van der Waals surface area contributed by atoms with Gasteiger partial charge >= 0.3 is 0 Å². The van der Waals surface area contributed by atoms with Crippen LogP contribution in [0.5, 0.6) is 0 Å². The Morgan fingerprint density at radius 1 is 1.60 bits per heavy atom. The third kappa shape index (κ3) is 3.18. The lowest BCUT2D eigenvalue weighted by molar-refractivity contribution is 0.313. The van der Waals surface area contributed by atoms with E-state index in [0.29, 0.717) is 0 Å². The summed E-state index contributed by atoms with van der Waals surface area (Å²) in [5.41, 5.74) is 3.82. The molecule has 0 unspecified atom stereocenters. The van der Waals surface area contributed by atoms with Crippen LogP contribution in [0.4, 0.5) is 5.82 Å². The number of nitrogen functional groups attached to an aromatic ring is 1. The molecule has 1 saturated carbocycles. The normalized spacial score (nSPS) is 15.7. The lowest BCUT2D eigenvalue weighted by atomic mass is 10.2. The highest BCUT2D eigenvalue weighted by molar-refractivity contribution is 5.35. The molecule has 4 nitrogen and oxygen atoms in total. The first-order valence-electron chi connectivity index (χ1n) is 5.38. The SMILES string of the molecule is CN(Cc1ccnc(NN)c1)CC1CC1. The molecule has 0 amide bonds. The van der Waals surface area contributed by atoms with Gasteiger partial charge in [0.15, 0.2) is 0 Å². The number of aromatic nitrogens is 1. The van der Waals surface area contributed by atoms with E-state index in [9.17, 15) is 0 Å². The van der Waals surface area contributed by atoms with Crippen LogP contribution in [-0.4, -0.2) is 23.5 Å². The van der Waals surface area contributed by atoms with E-state index in [1.54, 1.807) is 6.20 Å². The number of pyridine rings is 1. The van der Waals surface area contributed by atoms with Crippen LogP contribution in [0, 0.1) is 5.92 Å². The molecule has 0 radical (unpaired) electrons. The first-order valence-corrected chi connectivity index (χ1v) is 5.38. The molecule has 1 aromatic rings. The summed E-state index contributed by atoms with van der Waals surface area (Å²) in [6.07, 6.45) is 4.59. The predicted molar refractivity (Wildman–Crippen MR) is 61.1 cm³/mol. The van der Waals surface area contributed by atoms with Gasteiger partial charge in [0.2, 0.25) is 0 Å². The van der Waals surface area contributed by atoms with E-state index in [-0.39, 0.29) is 0 Å². The lowest BCUT2D eigenvalue weighted by Gasteiger charge is -2.16. The molecule has 0 spiro atoms. The van der Waals surface area contributed by atoms with E-state index in [4.69, 9.17) is 5.84 Å². The van der Waals surface area contributed by atoms with Crippen molar-refractivity contribution in [1.29, 1.82) is 0 Å².